The van der Waals surface area contributed by atoms with Crippen molar-refractivity contribution in [3.8, 4) is 11.1 Å². The second kappa shape index (κ2) is 5.52. The Morgan fingerprint density at radius 3 is 2.17 bits per heavy atom. The maximum absolute atomic E-state index is 13.7. The van der Waals surface area contributed by atoms with Crippen molar-refractivity contribution in [2.45, 2.75) is 6.18 Å². The summed E-state index contributed by atoms with van der Waals surface area (Å²) in [6.07, 6.45) is -1.37. The number of nitrogens with zero attached hydrogens (tertiary/aromatic N) is 2. The van der Waals surface area contributed by atoms with Gasteiger partial charge >= 0.3 is 6.18 Å². The molecule has 0 aromatic heterocycles. The number of quaternary nitrogens is 1. The third-order valence-electron chi connectivity index (χ3n) is 3.63. The first-order valence-electron chi connectivity index (χ1n) is 6.90. The Balaban J connectivity index is 2.15. The van der Waals surface area contributed by atoms with Crippen molar-refractivity contribution in [3.63, 3.8) is 0 Å². The average molecular weight is 338 g/mol. The minimum absolute atomic E-state index is 0.315. The predicted molar refractivity (Wildman–Crippen MR) is 80.8 cm³/mol. The van der Waals surface area contributed by atoms with E-state index in [1.807, 2.05) is 0 Å². The third-order valence-corrected chi connectivity index (χ3v) is 3.63. The smallest absolute Gasteiger partial charge is 0.207 e. The molecule has 1 atom stereocenters. The van der Waals surface area contributed by atoms with E-state index in [1.165, 1.54) is 43.4 Å². The van der Waals surface area contributed by atoms with Crippen LogP contribution in [0.15, 0.2) is 53.8 Å². The van der Waals surface area contributed by atoms with Gasteiger partial charge in [0.1, 0.15) is 24.9 Å². The molecule has 0 bridgehead atoms. The SMILES string of the molecule is C[N+]1(c2ccc(F)cc2-c2ccc(F)cc2)C=[C]C(C(F)(F)F)=N1. The summed E-state index contributed by atoms with van der Waals surface area (Å²) < 4.78 is 64.7. The Kier molecular flexibility index (Phi) is 3.76. The quantitative estimate of drug-likeness (QED) is 0.550. The summed E-state index contributed by atoms with van der Waals surface area (Å²) in [7, 11) is 1.42. The lowest BCUT2D eigenvalue weighted by atomic mass is 10.0. The van der Waals surface area contributed by atoms with E-state index in [0.29, 0.717) is 16.8 Å². The predicted octanol–water partition coefficient (Wildman–Crippen LogP) is 4.82. The first kappa shape index (κ1) is 16.3. The van der Waals surface area contributed by atoms with Gasteiger partial charge in [-0.15, -0.1) is 4.59 Å². The molecule has 123 valence electrons. The van der Waals surface area contributed by atoms with Crippen molar-refractivity contribution < 1.29 is 22.0 Å². The largest absolute Gasteiger partial charge is 0.439 e. The molecule has 2 nitrogen and oxygen atoms in total. The van der Waals surface area contributed by atoms with Crippen molar-refractivity contribution in [3.05, 3.63) is 66.4 Å². The lowest BCUT2D eigenvalue weighted by molar-refractivity contribution is -0.0584. The zero-order chi connectivity index (χ0) is 17.5. The molecule has 1 aliphatic rings. The fourth-order valence-corrected chi connectivity index (χ4v) is 2.48. The maximum Gasteiger partial charge on any atom is 0.439 e. The highest BCUT2D eigenvalue weighted by atomic mass is 19.4. The van der Waals surface area contributed by atoms with Crippen LogP contribution in [0.25, 0.3) is 11.1 Å². The number of allylic oxidation sites excluding steroid dienone is 1. The summed E-state index contributed by atoms with van der Waals surface area (Å²) in [6, 6.07) is 8.92. The van der Waals surface area contributed by atoms with Crippen LogP contribution in [0.3, 0.4) is 0 Å². The normalized spacial score (nSPS) is 20.3. The van der Waals surface area contributed by atoms with Gasteiger partial charge in [0.15, 0.2) is 5.69 Å². The highest BCUT2D eigenvalue weighted by Gasteiger charge is 2.43. The fraction of sp³-hybridized carbons (Fsp3) is 0.118. The van der Waals surface area contributed by atoms with Crippen molar-refractivity contribution >= 4 is 11.4 Å². The van der Waals surface area contributed by atoms with Crippen LogP contribution in [-0.2, 0) is 0 Å². The van der Waals surface area contributed by atoms with E-state index in [1.54, 1.807) is 0 Å². The highest BCUT2D eigenvalue weighted by molar-refractivity contribution is 5.98. The number of hydrogen-bond acceptors (Lipinski definition) is 1. The van der Waals surface area contributed by atoms with Gasteiger partial charge in [-0.2, -0.15) is 13.2 Å². The minimum atomic E-state index is -4.62. The van der Waals surface area contributed by atoms with Crippen LogP contribution in [0.5, 0.6) is 0 Å². The Hall–Kier alpha value is -2.54. The van der Waals surface area contributed by atoms with Crippen molar-refractivity contribution in [1.29, 1.82) is 0 Å². The molecule has 2 aromatic rings. The maximum atomic E-state index is 13.7. The number of halogens is 5. The first-order chi connectivity index (χ1) is 11.2. The summed E-state index contributed by atoms with van der Waals surface area (Å²) in [6.45, 7) is 0. The standard InChI is InChI=1S/C17H11F5N2/c1-24(9-8-16(23-24)17(20,21)22)15-7-6-13(19)10-14(15)11-2-4-12(18)5-3-11/h2-7,9-10H,1H3/q+1. The number of hydrogen-bond donors (Lipinski definition) is 0. The van der Waals surface area contributed by atoms with Gasteiger partial charge < -0.3 is 0 Å². The van der Waals surface area contributed by atoms with E-state index in [2.05, 4.69) is 11.2 Å². The molecule has 1 heterocycles. The van der Waals surface area contributed by atoms with Gasteiger partial charge in [-0.1, -0.05) is 17.2 Å². The lowest BCUT2D eigenvalue weighted by Gasteiger charge is -2.23. The van der Waals surface area contributed by atoms with E-state index < -0.39 is 28.1 Å². The Morgan fingerprint density at radius 1 is 0.958 bits per heavy atom. The average Bonchev–Trinajstić information content (AvgIpc) is 2.91. The van der Waals surface area contributed by atoms with Gasteiger partial charge in [-0.25, -0.2) is 8.78 Å². The molecule has 0 saturated carbocycles. The molecule has 0 fully saturated rings. The van der Waals surface area contributed by atoms with Crippen LogP contribution in [-0.4, -0.2) is 18.9 Å². The topological polar surface area (TPSA) is 12.4 Å². The molecular formula is C17H11F5N2+. The molecule has 1 aliphatic heterocycles. The molecule has 24 heavy (non-hydrogen) atoms. The summed E-state index contributed by atoms with van der Waals surface area (Å²) in [5.74, 6) is -1.03. The van der Waals surface area contributed by atoms with Gasteiger partial charge in [0.05, 0.1) is 6.08 Å². The van der Waals surface area contributed by atoms with Crippen molar-refractivity contribution in [2.24, 2.45) is 5.10 Å². The molecule has 0 N–H and O–H groups in total. The van der Waals surface area contributed by atoms with E-state index in [4.69, 9.17) is 0 Å². The van der Waals surface area contributed by atoms with Crippen LogP contribution in [0.1, 0.15) is 0 Å². The van der Waals surface area contributed by atoms with Gasteiger partial charge in [-0.3, -0.25) is 0 Å². The van der Waals surface area contributed by atoms with E-state index >= 15 is 0 Å². The Morgan fingerprint density at radius 2 is 1.58 bits per heavy atom. The molecular weight excluding hydrogens is 327 g/mol. The van der Waals surface area contributed by atoms with Crippen molar-refractivity contribution in [2.75, 3.05) is 7.05 Å². The monoisotopic (exact) mass is 338 g/mol. The van der Waals surface area contributed by atoms with Gasteiger partial charge in [-0.05, 0) is 29.8 Å². The van der Waals surface area contributed by atoms with E-state index in [0.717, 1.165) is 12.3 Å². The van der Waals surface area contributed by atoms with Crippen molar-refractivity contribution in [1.82, 2.24) is 4.59 Å². The lowest BCUT2D eigenvalue weighted by Crippen LogP contribution is -2.32. The first-order valence-corrected chi connectivity index (χ1v) is 6.90. The molecule has 0 amide bonds. The highest BCUT2D eigenvalue weighted by Crippen LogP contribution is 2.38. The van der Waals surface area contributed by atoms with Gasteiger partial charge in [0, 0.05) is 11.6 Å². The molecule has 0 aliphatic carbocycles. The van der Waals surface area contributed by atoms with E-state index in [9.17, 15) is 22.0 Å². The van der Waals surface area contributed by atoms with Crippen LogP contribution >= 0.6 is 0 Å². The molecule has 1 unspecified atom stereocenters. The number of rotatable bonds is 2. The summed E-state index contributed by atoms with van der Waals surface area (Å²) in [5, 5.41) is 3.66. The van der Waals surface area contributed by atoms with Crippen LogP contribution in [0.2, 0.25) is 0 Å². The Labute approximate surface area is 134 Å². The molecule has 0 saturated heterocycles. The molecule has 7 heteroatoms. The second-order valence-electron chi connectivity index (χ2n) is 5.41. The minimum Gasteiger partial charge on any atom is -0.207 e. The van der Waals surface area contributed by atoms with Crippen LogP contribution < -0.4 is 4.59 Å². The zero-order valence-corrected chi connectivity index (χ0v) is 12.4. The molecule has 3 rings (SSSR count). The summed E-state index contributed by atoms with van der Waals surface area (Å²) in [4.78, 5) is 0. The van der Waals surface area contributed by atoms with Gasteiger partial charge in [0.2, 0.25) is 5.71 Å². The summed E-state index contributed by atoms with van der Waals surface area (Å²) in [5.41, 5.74) is -0.0360. The number of alkyl halides is 3. The molecule has 2 aromatic carbocycles. The van der Waals surface area contributed by atoms with Crippen LogP contribution in [0.4, 0.5) is 27.6 Å². The number of benzene rings is 2. The third kappa shape index (κ3) is 2.94. The van der Waals surface area contributed by atoms with Gasteiger partial charge in [0.25, 0.3) is 0 Å². The Bertz CT molecular complexity index is 837. The molecule has 0 spiro atoms. The van der Waals surface area contributed by atoms with E-state index in [-0.39, 0.29) is 0 Å². The fourth-order valence-electron chi connectivity index (χ4n) is 2.48. The summed E-state index contributed by atoms with van der Waals surface area (Å²) >= 11 is 0. The zero-order valence-electron chi connectivity index (χ0n) is 12.4. The van der Waals surface area contributed by atoms with Crippen LogP contribution in [0, 0.1) is 17.7 Å². The second-order valence-corrected chi connectivity index (χ2v) is 5.41. The molecule has 1 radical (unpaired) electrons.